The van der Waals surface area contributed by atoms with Crippen LogP contribution in [0, 0.1) is 0 Å². The Bertz CT molecular complexity index is 282. The van der Waals surface area contributed by atoms with Crippen LogP contribution in [0.25, 0.3) is 0 Å². The highest BCUT2D eigenvalue weighted by Crippen LogP contribution is 2.28. The molecule has 1 aromatic carbocycles. The Balaban J connectivity index is 0.000000791. The van der Waals surface area contributed by atoms with Crippen LogP contribution >= 0.6 is 15.9 Å². The van der Waals surface area contributed by atoms with E-state index < -0.39 is 0 Å². The third-order valence-corrected chi connectivity index (χ3v) is 2.24. The first-order valence-corrected chi connectivity index (χ1v) is 5.51. The van der Waals surface area contributed by atoms with Gasteiger partial charge in [-0.15, -0.1) is 6.58 Å². The van der Waals surface area contributed by atoms with E-state index in [2.05, 4.69) is 22.5 Å². The van der Waals surface area contributed by atoms with E-state index in [0.717, 1.165) is 22.2 Å². The number of allylic oxidation sites excluding steroid dienone is 1. The van der Waals surface area contributed by atoms with Crippen LogP contribution in [0.1, 0.15) is 19.4 Å². The van der Waals surface area contributed by atoms with Crippen molar-refractivity contribution in [3.8, 4) is 5.75 Å². The third-order valence-electron chi connectivity index (χ3n) is 1.62. The molecule has 2 heteroatoms. The van der Waals surface area contributed by atoms with Crippen molar-refractivity contribution in [2.24, 2.45) is 0 Å². The molecule has 1 rings (SSSR count). The number of hydrogen-bond acceptors (Lipinski definition) is 1. The van der Waals surface area contributed by atoms with E-state index in [1.165, 1.54) is 0 Å². The molecule has 0 fully saturated rings. The van der Waals surface area contributed by atoms with Crippen LogP contribution in [0.5, 0.6) is 5.75 Å². The van der Waals surface area contributed by atoms with Gasteiger partial charge in [0, 0.05) is 0 Å². The Kier molecular flexibility index (Phi) is 7.21. The highest BCUT2D eigenvalue weighted by Gasteiger charge is 2.03. The van der Waals surface area contributed by atoms with Crippen molar-refractivity contribution in [2.45, 2.75) is 20.3 Å². The molecule has 0 spiro atoms. The van der Waals surface area contributed by atoms with Gasteiger partial charge in [0.05, 0.1) is 11.6 Å². The zero-order valence-electron chi connectivity index (χ0n) is 9.01. The van der Waals surface area contributed by atoms with Gasteiger partial charge in [0.1, 0.15) is 5.75 Å². The van der Waals surface area contributed by atoms with Crippen LogP contribution in [0.15, 0.2) is 35.3 Å². The number of ether oxygens (including phenoxy) is 1. The molecule has 0 saturated carbocycles. The summed E-state index contributed by atoms with van der Waals surface area (Å²) < 4.78 is 6.22. The fourth-order valence-corrected chi connectivity index (χ4v) is 1.67. The number of methoxy groups -OCH3 is 1. The second kappa shape index (κ2) is 7.63. The van der Waals surface area contributed by atoms with E-state index >= 15 is 0 Å². The summed E-state index contributed by atoms with van der Waals surface area (Å²) in [5.41, 5.74) is 1.15. The number of hydrogen-bond donors (Lipinski definition) is 0. The summed E-state index contributed by atoms with van der Waals surface area (Å²) in [6.45, 7) is 7.69. The molecule has 0 aliphatic rings. The Morgan fingerprint density at radius 3 is 2.57 bits per heavy atom. The van der Waals surface area contributed by atoms with E-state index in [1.807, 2.05) is 38.1 Å². The van der Waals surface area contributed by atoms with Crippen LogP contribution in [0.2, 0.25) is 0 Å². The Hall–Kier alpha value is -0.760. The average molecular weight is 257 g/mol. The van der Waals surface area contributed by atoms with Gasteiger partial charge in [-0.25, -0.2) is 0 Å². The van der Waals surface area contributed by atoms with Crippen molar-refractivity contribution in [3.05, 3.63) is 40.9 Å². The van der Waals surface area contributed by atoms with Gasteiger partial charge >= 0.3 is 0 Å². The predicted octanol–water partition coefficient (Wildman–Crippen LogP) is 4.21. The van der Waals surface area contributed by atoms with Gasteiger partial charge in [-0.3, -0.25) is 0 Å². The van der Waals surface area contributed by atoms with Gasteiger partial charge in [-0.2, -0.15) is 0 Å². The van der Waals surface area contributed by atoms with Crippen LogP contribution < -0.4 is 4.74 Å². The van der Waals surface area contributed by atoms with Gasteiger partial charge in [-0.05, 0) is 34.0 Å². The summed E-state index contributed by atoms with van der Waals surface area (Å²) in [6, 6.07) is 5.99. The molecule has 0 aromatic heterocycles. The molecule has 0 aliphatic heterocycles. The molecule has 0 heterocycles. The topological polar surface area (TPSA) is 9.23 Å². The summed E-state index contributed by atoms with van der Waals surface area (Å²) in [6.07, 6.45) is 2.70. The van der Waals surface area contributed by atoms with Gasteiger partial charge < -0.3 is 4.74 Å². The van der Waals surface area contributed by atoms with Crippen molar-refractivity contribution in [2.75, 3.05) is 7.11 Å². The Morgan fingerprint density at radius 1 is 1.43 bits per heavy atom. The van der Waals surface area contributed by atoms with Gasteiger partial charge in [0.15, 0.2) is 0 Å². The number of rotatable bonds is 3. The second-order valence-corrected chi connectivity index (χ2v) is 3.28. The van der Waals surface area contributed by atoms with Crippen molar-refractivity contribution in [3.63, 3.8) is 0 Å². The smallest absolute Gasteiger partial charge is 0.136 e. The lowest BCUT2D eigenvalue weighted by molar-refractivity contribution is 0.408. The lowest BCUT2D eigenvalue weighted by atomic mass is 10.1. The second-order valence-electron chi connectivity index (χ2n) is 2.43. The maximum atomic E-state index is 5.23. The lowest BCUT2D eigenvalue weighted by Crippen LogP contribution is -1.91. The lowest BCUT2D eigenvalue weighted by Gasteiger charge is -2.07. The standard InChI is InChI=1S/C10H11BrO.C2H6/c1-3-5-8-6-4-7-9(11)10(8)12-2;1-2/h3-4,6-7H,1,5H2,2H3;1-2H3. The molecular formula is C12H17BrO. The summed E-state index contributed by atoms with van der Waals surface area (Å²) >= 11 is 3.42. The third kappa shape index (κ3) is 3.54. The minimum atomic E-state index is 0.836. The first-order chi connectivity index (χ1) is 6.79. The molecule has 0 atom stereocenters. The molecule has 0 radical (unpaired) electrons. The van der Waals surface area contributed by atoms with Crippen molar-refractivity contribution in [1.29, 1.82) is 0 Å². The summed E-state index contributed by atoms with van der Waals surface area (Å²) in [5.74, 6) is 0.900. The fraction of sp³-hybridized carbons (Fsp3) is 0.333. The van der Waals surface area contributed by atoms with Crippen molar-refractivity contribution in [1.82, 2.24) is 0 Å². The molecule has 0 bridgehead atoms. The van der Waals surface area contributed by atoms with Crippen LogP contribution in [-0.2, 0) is 6.42 Å². The maximum absolute atomic E-state index is 5.23. The molecule has 78 valence electrons. The molecular weight excluding hydrogens is 240 g/mol. The van der Waals surface area contributed by atoms with Crippen LogP contribution in [-0.4, -0.2) is 7.11 Å². The minimum Gasteiger partial charge on any atom is -0.495 e. The molecule has 0 saturated heterocycles. The number of benzene rings is 1. The predicted molar refractivity (Wildman–Crippen MR) is 65.9 cm³/mol. The maximum Gasteiger partial charge on any atom is 0.136 e. The van der Waals surface area contributed by atoms with Crippen molar-refractivity contribution < 1.29 is 4.74 Å². The molecule has 14 heavy (non-hydrogen) atoms. The number of para-hydroxylation sites is 1. The van der Waals surface area contributed by atoms with E-state index in [4.69, 9.17) is 4.74 Å². The largest absolute Gasteiger partial charge is 0.495 e. The Morgan fingerprint density at radius 2 is 2.07 bits per heavy atom. The van der Waals surface area contributed by atoms with Crippen molar-refractivity contribution >= 4 is 15.9 Å². The molecule has 1 nitrogen and oxygen atoms in total. The van der Waals surface area contributed by atoms with E-state index in [0.29, 0.717) is 0 Å². The molecule has 0 amide bonds. The average Bonchev–Trinajstić information content (AvgIpc) is 2.22. The zero-order chi connectivity index (χ0) is 11.0. The first kappa shape index (κ1) is 13.2. The quantitative estimate of drug-likeness (QED) is 0.737. The van der Waals surface area contributed by atoms with Gasteiger partial charge in [-0.1, -0.05) is 32.1 Å². The zero-order valence-corrected chi connectivity index (χ0v) is 10.6. The van der Waals surface area contributed by atoms with Gasteiger partial charge in [0.25, 0.3) is 0 Å². The monoisotopic (exact) mass is 256 g/mol. The van der Waals surface area contributed by atoms with E-state index in [9.17, 15) is 0 Å². The summed E-state index contributed by atoms with van der Waals surface area (Å²) in [7, 11) is 1.67. The molecule has 0 N–H and O–H groups in total. The fourth-order valence-electron chi connectivity index (χ4n) is 1.10. The first-order valence-electron chi connectivity index (χ1n) is 4.72. The number of halogens is 1. The SMILES string of the molecule is C=CCc1cccc(Br)c1OC.CC. The highest BCUT2D eigenvalue weighted by molar-refractivity contribution is 9.10. The summed E-state index contributed by atoms with van der Waals surface area (Å²) in [5, 5.41) is 0. The molecule has 0 aliphatic carbocycles. The molecule has 1 aromatic rings. The van der Waals surface area contributed by atoms with Crippen LogP contribution in [0.4, 0.5) is 0 Å². The van der Waals surface area contributed by atoms with E-state index in [-0.39, 0.29) is 0 Å². The molecule has 0 unspecified atom stereocenters. The van der Waals surface area contributed by atoms with Crippen LogP contribution in [0.3, 0.4) is 0 Å². The van der Waals surface area contributed by atoms with Gasteiger partial charge in [0.2, 0.25) is 0 Å². The minimum absolute atomic E-state index is 0.836. The van der Waals surface area contributed by atoms with E-state index in [1.54, 1.807) is 7.11 Å². The highest BCUT2D eigenvalue weighted by atomic mass is 79.9. The normalized spacial score (nSPS) is 8.57. The Labute approximate surface area is 94.9 Å². The summed E-state index contributed by atoms with van der Waals surface area (Å²) in [4.78, 5) is 0.